The number of halogens is 1. The van der Waals surface area contributed by atoms with E-state index in [-0.39, 0.29) is 5.82 Å². The molecule has 2 aromatic rings. The predicted molar refractivity (Wildman–Crippen MR) is 78.6 cm³/mol. The lowest BCUT2D eigenvalue weighted by atomic mass is 10.1. The first-order chi connectivity index (χ1) is 9.79. The lowest BCUT2D eigenvalue weighted by Gasteiger charge is -2.11. The molecule has 0 aliphatic heterocycles. The molecule has 0 radical (unpaired) electrons. The third kappa shape index (κ3) is 4.08. The second kappa shape index (κ2) is 7.28. The number of hydrogen-bond donors (Lipinski definition) is 0. The maximum absolute atomic E-state index is 13.0. The molecule has 0 heterocycles. The first-order valence-corrected chi connectivity index (χ1v) is 6.34. The largest absolute Gasteiger partial charge is 0.357 e. The smallest absolute Gasteiger partial charge is 0.144 e. The van der Waals surface area contributed by atoms with Gasteiger partial charge >= 0.3 is 0 Å². The summed E-state index contributed by atoms with van der Waals surface area (Å²) in [6, 6.07) is 15.9. The normalized spacial score (nSPS) is 11.2. The average Bonchev–Trinajstić information content (AvgIpc) is 2.50. The molecule has 0 bridgehead atoms. The molecule has 0 aromatic heterocycles. The van der Waals surface area contributed by atoms with E-state index in [9.17, 15) is 4.39 Å². The highest BCUT2D eigenvalue weighted by atomic mass is 19.1. The second-order valence-electron chi connectivity index (χ2n) is 4.19. The highest BCUT2D eigenvalue weighted by molar-refractivity contribution is 5.36. The zero-order valence-electron chi connectivity index (χ0n) is 11.1. The summed E-state index contributed by atoms with van der Waals surface area (Å²) in [7, 11) is 0. The molecule has 0 saturated heterocycles. The van der Waals surface area contributed by atoms with E-state index < -0.39 is 6.10 Å². The molecule has 0 fully saturated rings. The molecule has 0 saturated carbocycles. The summed E-state index contributed by atoms with van der Waals surface area (Å²) in [6.07, 6.45) is 1.27. The van der Waals surface area contributed by atoms with Crippen LogP contribution in [-0.4, -0.2) is 6.61 Å². The summed E-state index contributed by atoms with van der Waals surface area (Å²) in [4.78, 5) is 0. The van der Waals surface area contributed by atoms with Gasteiger partial charge in [-0.3, -0.25) is 0 Å². The van der Waals surface area contributed by atoms with Gasteiger partial charge in [0.25, 0.3) is 0 Å². The number of rotatable bonds is 4. The highest BCUT2D eigenvalue weighted by Gasteiger charge is 2.08. The Morgan fingerprint density at radius 2 is 1.80 bits per heavy atom. The van der Waals surface area contributed by atoms with Crippen LogP contribution in [-0.2, 0) is 4.74 Å². The summed E-state index contributed by atoms with van der Waals surface area (Å²) < 4.78 is 18.6. The molecule has 0 aliphatic carbocycles. The molecular weight excluding hydrogens is 251 g/mol. The SMILES string of the molecule is C=CCOC(C#Cc1ccccc1)c1ccc(F)cc1. The van der Waals surface area contributed by atoms with Gasteiger partial charge in [0, 0.05) is 5.56 Å². The van der Waals surface area contributed by atoms with Crippen LogP contribution in [0.15, 0.2) is 67.3 Å². The van der Waals surface area contributed by atoms with Crippen LogP contribution in [0.3, 0.4) is 0 Å². The van der Waals surface area contributed by atoms with Crippen LogP contribution >= 0.6 is 0 Å². The Balaban J connectivity index is 2.22. The Morgan fingerprint density at radius 3 is 2.45 bits per heavy atom. The maximum atomic E-state index is 13.0. The number of hydrogen-bond acceptors (Lipinski definition) is 1. The van der Waals surface area contributed by atoms with E-state index in [0.717, 1.165) is 11.1 Å². The Labute approximate surface area is 118 Å². The predicted octanol–water partition coefficient (Wildman–Crippen LogP) is 4.12. The van der Waals surface area contributed by atoms with E-state index in [1.165, 1.54) is 12.1 Å². The average molecular weight is 266 g/mol. The summed E-state index contributed by atoms with van der Waals surface area (Å²) in [5, 5.41) is 0. The molecule has 0 spiro atoms. The summed E-state index contributed by atoms with van der Waals surface area (Å²) in [5.41, 5.74) is 1.75. The van der Waals surface area contributed by atoms with E-state index in [2.05, 4.69) is 18.4 Å². The van der Waals surface area contributed by atoms with Gasteiger partial charge in [0.15, 0.2) is 0 Å². The molecule has 100 valence electrons. The van der Waals surface area contributed by atoms with E-state index in [1.807, 2.05) is 30.3 Å². The number of ether oxygens (including phenoxy) is 1. The third-order valence-electron chi connectivity index (χ3n) is 2.67. The van der Waals surface area contributed by atoms with Crippen LogP contribution in [0.2, 0.25) is 0 Å². The maximum Gasteiger partial charge on any atom is 0.144 e. The fourth-order valence-corrected chi connectivity index (χ4v) is 1.69. The van der Waals surface area contributed by atoms with Gasteiger partial charge in [-0.05, 0) is 29.8 Å². The van der Waals surface area contributed by atoms with Crippen molar-refractivity contribution in [2.24, 2.45) is 0 Å². The van der Waals surface area contributed by atoms with Crippen LogP contribution in [0.5, 0.6) is 0 Å². The van der Waals surface area contributed by atoms with Gasteiger partial charge in [-0.15, -0.1) is 6.58 Å². The molecule has 2 aromatic carbocycles. The Morgan fingerprint density at radius 1 is 1.10 bits per heavy atom. The molecule has 2 heteroatoms. The molecule has 1 nitrogen and oxygen atoms in total. The first-order valence-electron chi connectivity index (χ1n) is 6.34. The molecule has 0 aliphatic rings. The Bertz CT molecular complexity index is 605. The van der Waals surface area contributed by atoms with Crippen LogP contribution in [0.4, 0.5) is 4.39 Å². The summed E-state index contributed by atoms with van der Waals surface area (Å²) in [5.74, 6) is 5.86. The van der Waals surface area contributed by atoms with Crippen LogP contribution in [0, 0.1) is 17.7 Å². The van der Waals surface area contributed by atoms with Crippen molar-refractivity contribution in [2.45, 2.75) is 6.10 Å². The lowest BCUT2D eigenvalue weighted by Crippen LogP contribution is -2.02. The van der Waals surface area contributed by atoms with Crippen molar-refractivity contribution in [1.29, 1.82) is 0 Å². The van der Waals surface area contributed by atoms with E-state index >= 15 is 0 Å². The van der Waals surface area contributed by atoms with Gasteiger partial charge < -0.3 is 4.74 Å². The summed E-state index contributed by atoms with van der Waals surface area (Å²) >= 11 is 0. The Kier molecular flexibility index (Phi) is 5.11. The van der Waals surface area contributed by atoms with Gasteiger partial charge in [0.2, 0.25) is 0 Å². The number of benzene rings is 2. The molecule has 1 unspecified atom stereocenters. The third-order valence-corrected chi connectivity index (χ3v) is 2.67. The highest BCUT2D eigenvalue weighted by Crippen LogP contribution is 2.17. The molecule has 0 N–H and O–H groups in total. The van der Waals surface area contributed by atoms with Crippen molar-refractivity contribution >= 4 is 0 Å². The second-order valence-corrected chi connectivity index (χ2v) is 4.19. The van der Waals surface area contributed by atoms with Crippen LogP contribution in [0.25, 0.3) is 0 Å². The molecule has 0 amide bonds. The molecule has 2 rings (SSSR count). The van der Waals surface area contributed by atoms with Crippen molar-refractivity contribution in [1.82, 2.24) is 0 Å². The fraction of sp³-hybridized carbons (Fsp3) is 0.111. The fourth-order valence-electron chi connectivity index (χ4n) is 1.69. The minimum Gasteiger partial charge on any atom is -0.357 e. The molecule has 20 heavy (non-hydrogen) atoms. The van der Waals surface area contributed by atoms with Crippen molar-refractivity contribution in [2.75, 3.05) is 6.61 Å². The monoisotopic (exact) mass is 266 g/mol. The quantitative estimate of drug-likeness (QED) is 0.597. The van der Waals surface area contributed by atoms with Crippen molar-refractivity contribution in [3.63, 3.8) is 0 Å². The zero-order chi connectivity index (χ0) is 14.2. The van der Waals surface area contributed by atoms with Crippen LogP contribution < -0.4 is 0 Å². The van der Waals surface area contributed by atoms with Gasteiger partial charge in [-0.2, -0.15) is 0 Å². The van der Waals surface area contributed by atoms with Gasteiger partial charge in [0.05, 0.1) is 6.61 Å². The van der Waals surface area contributed by atoms with Crippen molar-refractivity contribution in [3.05, 3.63) is 84.2 Å². The molecular formula is C18H15FO. The standard InChI is InChI=1S/C18H15FO/c1-2-14-20-18(16-9-11-17(19)12-10-16)13-8-15-6-4-3-5-7-15/h2-7,9-12,18H,1,14H2. The van der Waals surface area contributed by atoms with Gasteiger partial charge in [0.1, 0.15) is 11.9 Å². The van der Waals surface area contributed by atoms with Crippen molar-refractivity contribution in [3.8, 4) is 11.8 Å². The molecule has 1 atom stereocenters. The van der Waals surface area contributed by atoms with E-state index in [0.29, 0.717) is 6.61 Å². The first kappa shape index (κ1) is 14.0. The minimum atomic E-state index is -0.395. The van der Waals surface area contributed by atoms with Gasteiger partial charge in [-0.1, -0.05) is 48.2 Å². The topological polar surface area (TPSA) is 9.23 Å². The zero-order valence-corrected chi connectivity index (χ0v) is 11.1. The Hall–Kier alpha value is -2.37. The van der Waals surface area contributed by atoms with E-state index in [4.69, 9.17) is 4.74 Å². The summed E-state index contributed by atoms with van der Waals surface area (Å²) in [6.45, 7) is 4.02. The van der Waals surface area contributed by atoms with Crippen LogP contribution in [0.1, 0.15) is 17.2 Å². The minimum absolute atomic E-state index is 0.271. The van der Waals surface area contributed by atoms with E-state index in [1.54, 1.807) is 18.2 Å². The van der Waals surface area contributed by atoms with Crippen molar-refractivity contribution < 1.29 is 9.13 Å². The lowest BCUT2D eigenvalue weighted by molar-refractivity contribution is 0.117. The van der Waals surface area contributed by atoms with Gasteiger partial charge in [-0.25, -0.2) is 4.39 Å².